The van der Waals surface area contributed by atoms with Crippen LogP contribution in [0.1, 0.15) is 57.8 Å². The zero-order valence-corrected chi connectivity index (χ0v) is 26.9. The SMILES string of the molecule is C=CCOC1(C)CCN(c2c([C@H](OC(C)(C)C)C(=O)OC)c(C)cn3nc(-c4cccc(-c5c(O)cccc5F)c4)cc23)CC1. The summed E-state index contributed by atoms with van der Waals surface area (Å²) in [5.41, 5.74) is 4.37. The minimum absolute atomic E-state index is 0.133. The number of aromatic nitrogens is 2. The molecule has 0 radical (unpaired) electrons. The van der Waals surface area contributed by atoms with Crippen molar-refractivity contribution >= 4 is 17.2 Å². The molecule has 1 aliphatic heterocycles. The molecule has 3 heterocycles. The van der Waals surface area contributed by atoms with Gasteiger partial charge in [0.15, 0.2) is 6.10 Å². The van der Waals surface area contributed by atoms with Gasteiger partial charge in [-0.3, -0.25) is 0 Å². The number of ether oxygens (including phenoxy) is 3. The minimum atomic E-state index is -0.967. The van der Waals surface area contributed by atoms with E-state index in [0.29, 0.717) is 31.0 Å². The van der Waals surface area contributed by atoms with Gasteiger partial charge in [0.25, 0.3) is 0 Å². The summed E-state index contributed by atoms with van der Waals surface area (Å²) in [7, 11) is 1.37. The number of piperidine rings is 1. The van der Waals surface area contributed by atoms with Crippen LogP contribution in [-0.4, -0.2) is 58.7 Å². The van der Waals surface area contributed by atoms with Gasteiger partial charge >= 0.3 is 5.97 Å². The van der Waals surface area contributed by atoms with E-state index >= 15 is 0 Å². The van der Waals surface area contributed by atoms with Crippen molar-refractivity contribution < 1.29 is 28.5 Å². The summed E-state index contributed by atoms with van der Waals surface area (Å²) in [6.45, 7) is 15.5. The van der Waals surface area contributed by atoms with Gasteiger partial charge in [-0.05, 0) is 82.9 Å². The van der Waals surface area contributed by atoms with Gasteiger partial charge in [0.05, 0.1) is 47.4 Å². The predicted octanol–water partition coefficient (Wildman–Crippen LogP) is 7.41. The first kappa shape index (κ1) is 32.2. The van der Waals surface area contributed by atoms with Gasteiger partial charge in [0, 0.05) is 30.4 Å². The van der Waals surface area contributed by atoms with Crippen LogP contribution in [0.25, 0.3) is 27.9 Å². The van der Waals surface area contributed by atoms with Crippen LogP contribution in [0.5, 0.6) is 5.75 Å². The van der Waals surface area contributed by atoms with Crippen molar-refractivity contribution in [2.24, 2.45) is 0 Å². The molecule has 1 saturated heterocycles. The molecule has 1 aliphatic rings. The normalized spacial score (nSPS) is 15.7. The Kier molecular flexibility index (Phi) is 9.05. The Bertz CT molecular complexity index is 1700. The number of aryl methyl sites for hydroxylation is 1. The molecule has 0 amide bonds. The van der Waals surface area contributed by atoms with Crippen molar-refractivity contribution in [2.75, 3.05) is 31.7 Å². The summed E-state index contributed by atoms with van der Waals surface area (Å²) in [4.78, 5) is 15.6. The molecule has 2 aromatic heterocycles. The molecule has 4 aromatic rings. The van der Waals surface area contributed by atoms with Crippen LogP contribution in [0.2, 0.25) is 0 Å². The van der Waals surface area contributed by atoms with Crippen LogP contribution in [-0.2, 0) is 19.0 Å². The standard InChI is InChI=1S/C36H42FN3O5/c1-8-19-44-36(6)15-17-39(18-16-36)32-28-21-27(24-11-9-12-25(20-24)31-26(37)13-10-14-29(31)41)38-40(28)22-23(2)30(32)33(34(42)43-7)45-35(3,4)5/h8-14,20-22,33,41H,1,15-19H2,2-7H3/t33-/m0/s1. The number of hydrogen-bond acceptors (Lipinski definition) is 7. The molecule has 0 bridgehead atoms. The summed E-state index contributed by atoms with van der Waals surface area (Å²) in [5, 5.41) is 15.3. The Morgan fingerprint density at radius 3 is 2.49 bits per heavy atom. The lowest BCUT2D eigenvalue weighted by molar-refractivity contribution is -0.164. The van der Waals surface area contributed by atoms with E-state index in [0.717, 1.165) is 40.7 Å². The molecular weight excluding hydrogens is 573 g/mol. The smallest absolute Gasteiger partial charge is 0.339 e. The summed E-state index contributed by atoms with van der Waals surface area (Å²) in [6, 6.07) is 13.5. The van der Waals surface area contributed by atoms with Gasteiger partial charge in [-0.1, -0.05) is 30.3 Å². The van der Waals surface area contributed by atoms with E-state index in [2.05, 4.69) is 18.4 Å². The molecule has 45 heavy (non-hydrogen) atoms. The highest BCUT2D eigenvalue weighted by molar-refractivity contribution is 5.88. The summed E-state index contributed by atoms with van der Waals surface area (Å²) in [6.07, 6.45) is 4.25. The molecule has 1 atom stereocenters. The molecule has 9 heteroatoms. The summed E-state index contributed by atoms with van der Waals surface area (Å²) in [5.74, 6) is -1.12. The van der Waals surface area contributed by atoms with Crippen molar-refractivity contribution in [1.29, 1.82) is 0 Å². The third-order valence-electron chi connectivity index (χ3n) is 8.25. The van der Waals surface area contributed by atoms with Crippen molar-refractivity contribution in [3.63, 3.8) is 0 Å². The first-order chi connectivity index (χ1) is 21.3. The van der Waals surface area contributed by atoms with Crippen LogP contribution in [0.3, 0.4) is 0 Å². The molecule has 0 unspecified atom stereocenters. The topological polar surface area (TPSA) is 85.5 Å². The Balaban J connectivity index is 1.67. The number of phenolic OH excluding ortho intramolecular Hbond substituents is 1. The van der Waals surface area contributed by atoms with E-state index in [4.69, 9.17) is 19.3 Å². The zero-order valence-electron chi connectivity index (χ0n) is 26.9. The Labute approximate surface area is 264 Å². The Morgan fingerprint density at radius 1 is 1.16 bits per heavy atom. The van der Waals surface area contributed by atoms with Crippen molar-refractivity contribution in [2.45, 2.75) is 64.8 Å². The number of hydrogen-bond donors (Lipinski definition) is 1. The molecule has 5 rings (SSSR count). The maximum Gasteiger partial charge on any atom is 0.339 e. The van der Waals surface area contributed by atoms with Crippen LogP contribution in [0.4, 0.5) is 10.1 Å². The fraction of sp³-hybridized carbons (Fsp3) is 0.389. The predicted molar refractivity (Wildman–Crippen MR) is 174 cm³/mol. The van der Waals surface area contributed by atoms with Gasteiger partial charge in [0.2, 0.25) is 0 Å². The maximum atomic E-state index is 14.7. The number of aromatic hydroxyl groups is 1. The average molecular weight is 616 g/mol. The van der Waals surface area contributed by atoms with E-state index in [1.54, 1.807) is 12.1 Å². The number of nitrogens with zero attached hydrogens (tertiary/aromatic N) is 3. The van der Waals surface area contributed by atoms with Crippen molar-refractivity contribution in [3.8, 4) is 28.1 Å². The van der Waals surface area contributed by atoms with Crippen LogP contribution >= 0.6 is 0 Å². The first-order valence-corrected chi connectivity index (χ1v) is 15.2. The number of carbonyl (C=O) groups is 1. The number of methoxy groups -OCH3 is 1. The molecular formula is C36H42FN3O5. The van der Waals surface area contributed by atoms with Crippen LogP contribution < -0.4 is 4.90 Å². The fourth-order valence-corrected chi connectivity index (χ4v) is 5.98. The monoisotopic (exact) mass is 615 g/mol. The van der Waals surface area contributed by atoms with E-state index in [1.165, 1.54) is 25.3 Å². The second-order valence-electron chi connectivity index (χ2n) is 12.8. The number of pyridine rings is 1. The minimum Gasteiger partial charge on any atom is -0.507 e. The molecule has 0 aliphatic carbocycles. The molecule has 1 fully saturated rings. The number of phenols is 1. The van der Waals surface area contributed by atoms with Crippen LogP contribution in [0.15, 0.2) is 67.4 Å². The van der Waals surface area contributed by atoms with Crippen molar-refractivity contribution in [3.05, 3.63) is 84.3 Å². The molecule has 8 nitrogen and oxygen atoms in total. The summed E-state index contributed by atoms with van der Waals surface area (Å²) < 4.78 is 34.4. The van der Waals surface area contributed by atoms with Gasteiger partial charge in [-0.15, -0.1) is 6.58 Å². The number of halogens is 1. The lowest BCUT2D eigenvalue weighted by atomic mass is 9.91. The highest BCUT2D eigenvalue weighted by Gasteiger charge is 2.37. The number of fused-ring (bicyclic) bond motifs is 1. The number of anilines is 1. The van der Waals surface area contributed by atoms with E-state index in [9.17, 15) is 14.3 Å². The van der Waals surface area contributed by atoms with E-state index in [-0.39, 0.29) is 16.9 Å². The fourth-order valence-electron chi connectivity index (χ4n) is 5.98. The number of esters is 1. The zero-order chi connectivity index (χ0) is 32.5. The summed E-state index contributed by atoms with van der Waals surface area (Å²) >= 11 is 0. The third kappa shape index (κ3) is 6.74. The van der Waals surface area contributed by atoms with Gasteiger partial charge < -0.3 is 24.2 Å². The second-order valence-corrected chi connectivity index (χ2v) is 12.8. The van der Waals surface area contributed by atoms with Gasteiger partial charge in [-0.25, -0.2) is 13.7 Å². The highest BCUT2D eigenvalue weighted by atomic mass is 19.1. The molecule has 238 valence electrons. The first-order valence-electron chi connectivity index (χ1n) is 15.2. The Hall–Kier alpha value is -4.21. The van der Waals surface area contributed by atoms with E-state index in [1.807, 2.05) is 62.7 Å². The lowest BCUT2D eigenvalue weighted by Crippen LogP contribution is -2.45. The quantitative estimate of drug-likeness (QED) is 0.155. The maximum absolute atomic E-state index is 14.7. The Morgan fingerprint density at radius 2 is 1.84 bits per heavy atom. The highest BCUT2D eigenvalue weighted by Crippen LogP contribution is 2.42. The largest absolute Gasteiger partial charge is 0.507 e. The van der Waals surface area contributed by atoms with E-state index < -0.39 is 23.5 Å². The molecule has 1 N–H and O–H groups in total. The molecule has 0 saturated carbocycles. The van der Waals surface area contributed by atoms with Gasteiger partial charge in [-0.2, -0.15) is 5.10 Å². The molecule has 2 aromatic carbocycles. The number of carbonyl (C=O) groups excluding carboxylic acids is 1. The molecule has 0 spiro atoms. The van der Waals surface area contributed by atoms with Gasteiger partial charge in [0.1, 0.15) is 11.6 Å². The van der Waals surface area contributed by atoms with Crippen LogP contribution in [0, 0.1) is 12.7 Å². The lowest BCUT2D eigenvalue weighted by Gasteiger charge is -2.41. The average Bonchev–Trinajstić information content (AvgIpc) is 3.42. The number of rotatable bonds is 9. The second kappa shape index (κ2) is 12.7. The third-order valence-corrected chi connectivity index (χ3v) is 8.25. The number of benzene rings is 2. The van der Waals surface area contributed by atoms with Crippen molar-refractivity contribution in [1.82, 2.24) is 9.61 Å².